The molecule has 0 aromatic carbocycles. The maximum Gasteiger partial charge on any atom is 0.0767 e. The lowest BCUT2D eigenvalue weighted by Gasteiger charge is -2.16. The molecule has 0 amide bonds. The van der Waals surface area contributed by atoms with E-state index in [2.05, 4.69) is 52.4 Å². The van der Waals surface area contributed by atoms with Crippen LogP contribution in [0.1, 0.15) is 27.1 Å². The van der Waals surface area contributed by atoms with E-state index in [1.807, 2.05) is 17.9 Å². The molecule has 0 spiro atoms. The van der Waals surface area contributed by atoms with E-state index in [1.165, 1.54) is 21.0 Å². The molecule has 0 atom stereocenters. The first-order chi connectivity index (χ1) is 9.75. The van der Waals surface area contributed by atoms with E-state index >= 15 is 0 Å². The fraction of sp³-hybridized carbons (Fsp3) is 0.267. The fourth-order valence-corrected chi connectivity index (χ4v) is 3.89. The predicted octanol–water partition coefficient (Wildman–Crippen LogP) is 3.73. The zero-order valence-corrected chi connectivity index (χ0v) is 13.2. The Morgan fingerprint density at radius 1 is 1.20 bits per heavy atom. The number of hydrogen-bond donors (Lipinski definition) is 1. The average Bonchev–Trinajstić information content (AvgIpc) is 3.17. The van der Waals surface area contributed by atoms with Gasteiger partial charge < -0.3 is 5.32 Å². The molecule has 3 heterocycles. The molecule has 3 nitrogen and oxygen atoms in total. The van der Waals surface area contributed by atoms with Crippen molar-refractivity contribution in [1.29, 1.82) is 0 Å². The molecular weight excluding hydrogens is 286 g/mol. The highest BCUT2D eigenvalue weighted by molar-refractivity contribution is 7.11. The van der Waals surface area contributed by atoms with Gasteiger partial charge >= 0.3 is 0 Å². The number of nitrogens with one attached hydrogen (secondary N) is 1. The van der Waals surface area contributed by atoms with E-state index < -0.39 is 0 Å². The summed E-state index contributed by atoms with van der Waals surface area (Å²) in [5, 5.41) is 12.2. The third-order valence-corrected chi connectivity index (χ3v) is 5.36. The van der Waals surface area contributed by atoms with E-state index in [0.29, 0.717) is 0 Å². The SMILES string of the molecule is Cc1c(CNC(c2cccs2)c2cccs2)cnn1C. The molecule has 104 valence electrons. The van der Waals surface area contributed by atoms with Crippen LogP contribution in [0.5, 0.6) is 0 Å². The molecule has 5 heteroatoms. The lowest BCUT2D eigenvalue weighted by atomic mass is 10.2. The van der Waals surface area contributed by atoms with E-state index in [-0.39, 0.29) is 6.04 Å². The minimum absolute atomic E-state index is 0.273. The molecule has 0 unspecified atom stereocenters. The minimum Gasteiger partial charge on any atom is -0.301 e. The van der Waals surface area contributed by atoms with Gasteiger partial charge in [0.15, 0.2) is 0 Å². The average molecular weight is 303 g/mol. The minimum atomic E-state index is 0.273. The van der Waals surface area contributed by atoms with Crippen LogP contribution in [0.15, 0.2) is 41.2 Å². The monoisotopic (exact) mass is 303 g/mol. The molecule has 0 saturated heterocycles. The van der Waals surface area contributed by atoms with Crippen molar-refractivity contribution in [2.75, 3.05) is 0 Å². The summed E-state index contributed by atoms with van der Waals surface area (Å²) in [5.41, 5.74) is 2.47. The normalized spacial score (nSPS) is 11.3. The largest absolute Gasteiger partial charge is 0.301 e. The maximum atomic E-state index is 4.30. The molecule has 3 aromatic rings. The second-order valence-corrected chi connectivity index (χ2v) is 6.68. The second kappa shape index (κ2) is 5.91. The van der Waals surface area contributed by atoms with Crippen molar-refractivity contribution >= 4 is 22.7 Å². The molecule has 3 aromatic heterocycles. The molecule has 1 N–H and O–H groups in total. The Morgan fingerprint density at radius 2 is 1.85 bits per heavy atom. The van der Waals surface area contributed by atoms with Crippen molar-refractivity contribution < 1.29 is 0 Å². The molecule has 0 aliphatic heterocycles. The van der Waals surface area contributed by atoms with Gasteiger partial charge in [0.05, 0.1) is 12.2 Å². The van der Waals surface area contributed by atoms with Gasteiger partial charge in [-0.05, 0) is 29.8 Å². The van der Waals surface area contributed by atoms with E-state index in [1.54, 1.807) is 22.7 Å². The molecule has 0 bridgehead atoms. The Hall–Kier alpha value is -1.43. The van der Waals surface area contributed by atoms with Crippen LogP contribution in [0.4, 0.5) is 0 Å². The molecule has 0 fully saturated rings. The second-order valence-electron chi connectivity index (χ2n) is 4.72. The van der Waals surface area contributed by atoms with Crippen LogP contribution in [0.2, 0.25) is 0 Å². The molecule has 0 radical (unpaired) electrons. The zero-order chi connectivity index (χ0) is 13.9. The zero-order valence-electron chi connectivity index (χ0n) is 11.5. The highest BCUT2D eigenvalue weighted by Gasteiger charge is 2.16. The van der Waals surface area contributed by atoms with E-state index in [9.17, 15) is 0 Å². The molecular formula is C15H17N3S2. The lowest BCUT2D eigenvalue weighted by Crippen LogP contribution is -2.20. The van der Waals surface area contributed by atoms with Crippen molar-refractivity contribution in [2.45, 2.75) is 19.5 Å². The predicted molar refractivity (Wildman–Crippen MR) is 85.3 cm³/mol. The number of hydrogen-bond acceptors (Lipinski definition) is 4. The van der Waals surface area contributed by atoms with E-state index in [0.717, 1.165) is 6.54 Å². The standard InChI is InChI=1S/C15H17N3S2/c1-11-12(10-17-18(11)2)9-16-15(13-5-3-7-19-13)14-6-4-8-20-14/h3-8,10,15-16H,9H2,1-2H3. The van der Waals surface area contributed by atoms with Crippen molar-refractivity contribution in [3.05, 3.63) is 62.2 Å². The van der Waals surface area contributed by atoms with Crippen LogP contribution in [-0.2, 0) is 13.6 Å². The quantitative estimate of drug-likeness (QED) is 0.778. The lowest BCUT2D eigenvalue weighted by molar-refractivity contribution is 0.618. The van der Waals surface area contributed by atoms with Gasteiger partial charge in [0.25, 0.3) is 0 Å². The molecule has 0 aliphatic carbocycles. The summed E-state index contributed by atoms with van der Waals surface area (Å²) in [4.78, 5) is 2.71. The Balaban J connectivity index is 1.79. The Morgan fingerprint density at radius 3 is 2.30 bits per heavy atom. The summed E-state index contributed by atoms with van der Waals surface area (Å²) in [7, 11) is 1.98. The van der Waals surface area contributed by atoms with Crippen LogP contribution >= 0.6 is 22.7 Å². The fourth-order valence-electron chi connectivity index (χ4n) is 2.18. The van der Waals surface area contributed by atoms with Crippen molar-refractivity contribution in [3.8, 4) is 0 Å². The van der Waals surface area contributed by atoms with Crippen LogP contribution in [0.25, 0.3) is 0 Å². The van der Waals surface area contributed by atoms with Crippen LogP contribution in [0.3, 0.4) is 0 Å². The molecule has 20 heavy (non-hydrogen) atoms. The van der Waals surface area contributed by atoms with Gasteiger partial charge in [-0.25, -0.2) is 0 Å². The smallest absolute Gasteiger partial charge is 0.0767 e. The first kappa shape index (κ1) is 13.5. The van der Waals surface area contributed by atoms with Crippen molar-refractivity contribution in [1.82, 2.24) is 15.1 Å². The summed E-state index contributed by atoms with van der Waals surface area (Å²) in [5.74, 6) is 0. The van der Waals surface area contributed by atoms with Crippen molar-refractivity contribution in [3.63, 3.8) is 0 Å². The van der Waals surface area contributed by atoms with Gasteiger partial charge in [0.2, 0.25) is 0 Å². The van der Waals surface area contributed by atoms with Crippen LogP contribution in [-0.4, -0.2) is 9.78 Å². The summed E-state index contributed by atoms with van der Waals surface area (Å²) >= 11 is 3.59. The molecule has 0 aliphatic rings. The summed E-state index contributed by atoms with van der Waals surface area (Å²) in [6.45, 7) is 2.94. The van der Waals surface area contributed by atoms with Crippen LogP contribution < -0.4 is 5.32 Å². The maximum absolute atomic E-state index is 4.30. The summed E-state index contributed by atoms with van der Waals surface area (Å²) in [6.07, 6.45) is 1.95. The number of thiophene rings is 2. The number of rotatable bonds is 5. The highest BCUT2D eigenvalue weighted by atomic mass is 32.1. The first-order valence-electron chi connectivity index (χ1n) is 6.53. The van der Waals surface area contributed by atoms with Gasteiger partial charge in [0.1, 0.15) is 0 Å². The third kappa shape index (κ3) is 2.70. The van der Waals surface area contributed by atoms with E-state index in [4.69, 9.17) is 0 Å². The third-order valence-electron chi connectivity index (χ3n) is 3.49. The van der Waals surface area contributed by atoms with Gasteiger partial charge in [-0.3, -0.25) is 4.68 Å². The Bertz CT molecular complexity index is 619. The highest BCUT2D eigenvalue weighted by Crippen LogP contribution is 2.29. The van der Waals surface area contributed by atoms with Crippen molar-refractivity contribution in [2.24, 2.45) is 7.05 Å². The van der Waals surface area contributed by atoms with Gasteiger partial charge in [-0.15, -0.1) is 22.7 Å². The number of aryl methyl sites for hydroxylation is 1. The Kier molecular flexibility index (Phi) is 4.00. The van der Waals surface area contributed by atoms with Gasteiger partial charge in [-0.2, -0.15) is 5.10 Å². The molecule has 3 rings (SSSR count). The Labute approximate surface area is 126 Å². The topological polar surface area (TPSA) is 29.9 Å². The van der Waals surface area contributed by atoms with Gasteiger partial charge in [0, 0.05) is 34.6 Å². The summed E-state index contributed by atoms with van der Waals surface area (Å²) in [6, 6.07) is 8.88. The van der Waals surface area contributed by atoms with Gasteiger partial charge in [-0.1, -0.05) is 12.1 Å². The summed E-state index contributed by atoms with van der Waals surface area (Å²) < 4.78 is 1.92. The first-order valence-corrected chi connectivity index (χ1v) is 8.29. The number of nitrogens with zero attached hydrogens (tertiary/aromatic N) is 2. The number of aromatic nitrogens is 2. The van der Waals surface area contributed by atoms with Crippen LogP contribution in [0, 0.1) is 6.92 Å². The molecule has 0 saturated carbocycles.